The Kier molecular flexibility index (Phi) is 4.64. The van der Waals surface area contributed by atoms with Crippen LogP contribution in [0.5, 0.6) is 5.75 Å². The van der Waals surface area contributed by atoms with Gasteiger partial charge in [-0.25, -0.2) is 0 Å². The van der Waals surface area contributed by atoms with Crippen LogP contribution in [0.25, 0.3) is 0 Å². The SMILES string of the molecule is O=C(NCCc1ccccc1)c1cc(Cl)cc2c1OCCC2. The van der Waals surface area contributed by atoms with Gasteiger partial charge in [-0.05, 0) is 42.5 Å². The number of amides is 1. The standard InChI is InChI=1S/C18H18ClNO2/c19-15-11-14-7-4-10-22-17(14)16(12-15)18(21)20-9-8-13-5-2-1-3-6-13/h1-3,5-6,11-12H,4,7-10H2,(H,20,21). The first-order valence-electron chi connectivity index (χ1n) is 7.51. The molecular formula is C18H18ClNO2. The molecule has 0 bridgehead atoms. The molecule has 1 amide bonds. The maximum atomic E-state index is 12.4. The van der Waals surface area contributed by atoms with Crippen molar-refractivity contribution >= 4 is 17.5 Å². The maximum absolute atomic E-state index is 12.4. The Morgan fingerprint density at radius 2 is 2.05 bits per heavy atom. The Labute approximate surface area is 135 Å². The van der Waals surface area contributed by atoms with Crippen molar-refractivity contribution in [3.8, 4) is 5.75 Å². The van der Waals surface area contributed by atoms with Gasteiger partial charge in [-0.3, -0.25) is 4.79 Å². The second-order valence-electron chi connectivity index (χ2n) is 5.39. The molecule has 0 saturated heterocycles. The molecule has 0 aromatic heterocycles. The van der Waals surface area contributed by atoms with Gasteiger partial charge < -0.3 is 10.1 Å². The van der Waals surface area contributed by atoms with Crippen LogP contribution in [-0.4, -0.2) is 19.1 Å². The summed E-state index contributed by atoms with van der Waals surface area (Å²) in [5.74, 6) is 0.560. The summed E-state index contributed by atoms with van der Waals surface area (Å²) in [5.41, 5.74) is 2.76. The third kappa shape index (κ3) is 3.42. The zero-order valence-corrected chi connectivity index (χ0v) is 13.0. The van der Waals surface area contributed by atoms with E-state index in [9.17, 15) is 4.79 Å². The van der Waals surface area contributed by atoms with Crippen LogP contribution in [-0.2, 0) is 12.8 Å². The van der Waals surface area contributed by atoms with Crippen LogP contribution in [0.15, 0.2) is 42.5 Å². The third-order valence-electron chi connectivity index (χ3n) is 3.75. The molecule has 22 heavy (non-hydrogen) atoms. The first-order chi connectivity index (χ1) is 10.7. The quantitative estimate of drug-likeness (QED) is 0.935. The second-order valence-corrected chi connectivity index (χ2v) is 5.82. The van der Waals surface area contributed by atoms with Crippen molar-refractivity contribution in [3.05, 3.63) is 64.2 Å². The summed E-state index contributed by atoms with van der Waals surface area (Å²) >= 11 is 6.12. The lowest BCUT2D eigenvalue weighted by Crippen LogP contribution is -2.27. The van der Waals surface area contributed by atoms with Gasteiger partial charge in [0.05, 0.1) is 12.2 Å². The second kappa shape index (κ2) is 6.84. The number of hydrogen-bond acceptors (Lipinski definition) is 2. The smallest absolute Gasteiger partial charge is 0.255 e. The van der Waals surface area contributed by atoms with Gasteiger partial charge in [0.2, 0.25) is 0 Å². The van der Waals surface area contributed by atoms with Crippen molar-refractivity contribution in [2.75, 3.05) is 13.2 Å². The van der Waals surface area contributed by atoms with Crippen LogP contribution in [0.1, 0.15) is 27.9 Å². The summed E-state index contributed by atoms with van der Waals surface area (Å²) < 4.78 is 5.68. The first-order valence-corrected chi connectivity index (χ1v) is 7.89. The fourth-order valence-corrected chi connectivity index (χ4v) is 2.91. The molecule has 0 atom stereocenters. The minimum Gasteiger partial charge on any atom is -0.492 e. The fourth-order valence-electron chi connectivity index (χ4n) is 2.67. The van der Waals surface area contributed by atoms with Gasteiger partial charge in [0.25, 0.3) is 5.91 Å². The lowest BCUT2D eigenvalue weighted by molar-refractivity contribution is 0.0949. The van der Waals surface area contributed by atoms with E-state index in [0.29, 0.717) is 29.5 Å². The molecule has 0 unspecified atom stereocenters. The molecule has 114 valence electrons. The van der Waals surface area contributed by atoms with E-state index >= 15 is 0 Å². The monoisotopic (exact) mass is 315 g/mol. The molecule has 1 heterocycles. The number of fused-ring (bicyclic) bond motifs is 1. The molecule has 3 nitrogen and oxygen atoms in total. The number of rotatable bonds is 4. The average molecular weight is 316 g/mol. The molecule has 0 spiro atoms. The highest BCUT2D eigenvalue weighted by Gasteiger charge is 2.20. The van der Waals surface area contributed by atoms with Crippen molar-refractivity contribution in [2.45, 2.75) is 19.3 Å². The molecular weight excluding hydrogens is 298 g/mol. The topological polar surface area (TPSA) is 38.3 Å². The van der Waals surface area contributed by atoms with E-state index in [4.69, 9.17) is 16.3 Å². The summed E-state index contributed by atoms with van der Waals surface area (Å²) in [6.45, 7) is 1.24. The van der Waals surface area contributed by atoms with Gasteiger partial charge in [0.15, 0.2) is 0 Å². The number of benzene rings is 2. The van der Waals surface area contributed by atoms with Crippen LogP contribution in [0, 0.1) is 0 Å². The zero-order valence-electron chi connectivity index (χ0n) is 12.3. The summed E-state index contributed by atoms with van der Waals surface area (Å²) in [4.78, 5) is 12.4. The Hall–Kier alpha value is -2.00. The van der Waals surface area contributed by atoms with E-state index in [2.05, 4.69) is 17.4 Å². The largest absolute Gasteiger partial charge is 0.492 e. The van der Waals surface area contributed by atoms with Crippen LogP contribution in [0.4, 0.5) is 0 Å². The highest BCUT2D eigenvalue weighted by Crippen LogP contribution is 2.32. The van der Waals surface area contributed by atoms with Crippen LogP contribution in [0.3, 0.4) is 0 Å². The summed E-state index contributed by atoms with van der Waals surface area (Å²) in [5, 5.41) is 3.53. The highest BCUT2D eigenvalue weighted by molar-refractivity contribution is 6.31. The Balaban J connectivity index is 1.68. The normalized spacial score (nSPS) is 13.1. The van der Waals surface area contributed by atoms with E-state index < -0.39 is 0 Å². The van der Waals surface area contributed by atoms with Gasteiger partial charge in [-0.2, -0.15) is 0 Å². The number of carbonyl (C=O) groups excluding carboxylic acids is 1. The lowest BCUT2D eigenvalue weighted by Gasteiger charge is -2.20. The van der Waals surface area contributed by atoms with Gasteiger partial charge in [-0.1, -0.05) is 41.9 Å². The van der Waals surface area contributed by atoms with Gasteiger partial charge in [0, 0.05) is 11.6 Å². The summed E-state index contributed by atoms with van der Waals surface area (Å²) in [7, 11) is 0. The molecule has 1 aliphatic rings. The van der Waals surface area contributed by atoms with Crippen LogP contribution < -0.4 is 10.1 Å². The molecule has 0 aliphatic carbocycles. The van der Waals surface area contributed by atoms with E-state index in [1.165, 1.54) is 5.56 Å². The number of ether oxygens (including phenoxy) is 1. The van der Waals surface area contributed by atoms with Gasteiger partial charge >= 0.3 is 0 Å². The summed E-state index contributed by atoms with van der Waals surface area (Å²) in [6, 6.07) is 13.7. The van der Waals surface area contributed by atoms with Gasteiger partial charge in [-0.15, -0.1) is 0 Å². The van der Waals surface area contributed by atoms with Crippen LogP contribution >= 0.6 is 11.6 Å². The molecule has 4 heteroatoms. The maximum Gasteiger partial charge on any atom is 0.255 e. The zero-order chi connectivity index (χ0) is 15.4. The van der Waals surface area contributed by atoms with Crippen molar-refractivity contribution in [1.82, 2.24) is 5.32 Å². The molecule has 3 rings (SSSR count). The molecule has 0 saturated carbocycles. The Bertz CT molecular complexity index is 670. The van der Waals surface area contributed by atoms with E-state index in [1.54, 1.807) is 6.07 Å². The van der Waals surface area contributed by atoms with Gasteiger partial charge in [0.1, 0.15) is 5.75 Å². The van der Waals surface area contributed by atoms with Crippen molar-refractivity contribution < 1.29 is 9.53 Å². The highest BCUT2D eigenvalue weighted by atomic mass is 35.5. The number of aryl methyl sites for hydroxylation is 1. The predicted molar refractivity (Wildman–Crippen MR) is 87.7 cm³/mol. The average Bonchev–Trinajstić information content (AvgIpc) is 2.55. The molecule has 1 N–H and O–H groups in total. The lowest BCUT2D eigenvalue weighted by atomic mass is 10.0. The van der Waals surface area contributed by atoms with Crippen molar-refractivity contribution in [3.63, 3.8) is 0 Å². The fraction of sp³-hybridized carbons (Fsp3) is 0.278. The minimum absolute atomic E-state index is 0.128. The minimum atomic E-state index is -0.128. The molecule has 0 fully saturated rings. The number of halogens is 1. The number of carbonyl (C=O) groups is 1. The van der Waals surface area contributed by atoms with Crippen molar-refractivity contribution in [2.24, 2.45) is 0 Å². The third-order valence-corrected chi connectivity index (χ3v) is 3.97. The predicted octanol–water partition coefficient (Wildman–Crippen LogP) is 3.64. The van der Waals surface area contributed by atoms with E-state index in [1.807, 2.05) is 24.3 Å². The number of hydrogen-bond donors (Lipinski definition) is 1. The Morgan fingerprint density at radius 1 is 1.23 bits per heavy atom. The van der Waals surface area contributed by atoms with E-state index in [0.717, 1.165) is 24.8 Å². The number of nitrogens with one attached hydrogen (secondary N) is 1. The molecule has 0 radical (unpaired) electrons. The molecule has 2 aromatic rings. The van der Waals surface area contributed by atoms with Crippen LogP contribution in [0.2, 0.25) is 5.02 Å². The molecule has 2 aromatic carbocycles. The Morgan fingerprint density at radius 3 is 2.86 bits per heavy atom. The molecule has 1 aliphatic heterocycles. The van der Waals surface area contributed by atoms with E-state index in [-0.39, 0.29) is 5.91 Å². The van der Waals surface area contributed by atoms with Crippen molar-refractivity contribution in [1.29, 1.82) is 0 Å². The summed E-state index contributed by atoms with van der Waals surface area (Å²) in [6.07, 6.45) is 2.67. The first kappa shape index (κ1) is 14.9.